The Morgan fingerprint density at radius 2 is 1.89 bits per heavy atom. The topological polar surface area (TPSA) is 124 Å². The molecule has 2 aliphatic rings. The second-order valence-corrected chi connectivity index (χ2v) is 8.60. The fraction of sp³-hybridized carbons (Fsp3) is 0.417. The number of barbiturate groups is 1. The highest BCUT2D eigenvalue weighted by molar-refractivity contribution is 6.16. The maximum Gasteiger partial charge on any atom is 0.331 e. The highest BCUT2D eigenvalue weighted by atomic mass is 35.5. The number of carbonyl (C=O) groups is 3. The Hall–Kier alpha value is -3.15. The molecule has 3 heterocycles. The number of aromatic nitrogens is 1. The summed E-state index contributed by atoms with van der Waals surface area (Å²) in [5, 5.41) is 2.12. The molecule has 4 amide bonds. The lowest BCUT2D eigenvalue weighted by molar-refractivity contribution is -0.146. The molecule has 0 aliphatic carbocycles. The summed E-state index contributed by atoms with van der Waals surface area (Å²) in [6, 6.07) is 4.41. The Bertz CT molecular complexity index is 1110. The summed E-state index contributed by atoms with van der Waals surface area (Å²) in [6.45, 7) is 2.55. The first-order chi connectivity index (χ1) is 16.7. The molecule has 2 saturated heterocycles. The number of hydrogen-bond donors (Lipinski definition) is 2. The van der Waals surface area contributed by atoms with Gasteiger partial charge in [-0.25, -0.2) is 13.6 Å². The van der Waals surface area contributed by atoms with E-state index in [0.717, 1.165) is 16.7 Å². The molecule has 1 unspecified atom stereocenters. The summed E-state index contributed by atoms with van der Waals surface area (Å²) in [6.07, 6.45) is -0.217. The Labute approximate surface area is 212 Å². The van der Waals surface area contributed by atoms with Crippen LogP contribution >= 0.6 is 12.4 Å². The van der Waals surface area contributed by atoms with Crippen molar-refractivity contribution in [2.75, 3.05) is 13.2 Å². The van der Waals surface area contributed by atoms with Crippen LogP contribution in [0.25, 0.3) is 0 Å². The van der Waals surface area contributed by atoms with Crippen molar-refractivity contribution in [3.05, 3.63) is 53.6 Å². The number of urea groups is 1. The smallest absolute Gasteiger partial charge is 0.331 e. The van der Waals surface area contributed by atoms with E-state index < -0.39 is 54.3 Å². The first-order valence-electron chi connectivity index (χ1n) is 11.3. The number of alkyl halides is 1. The average molecular weight is 525 g/mol. The quantitative estimate of drug-likeness (QED) is 0.532. The maximum absolute atomic E-state index is 15.3. The third-order valence-electron chi connectivity index (χ3n) is 6.15. The number of rotatable bonds is 7. The predicted molar refractivity (Wildman–Crippen MR) is 127 cm³/mol. The predicted octanol–water partition coefficient (Wildman–Crippen LogP) is 3.34. The lowest BCUT2D eigenvalue weighted by Gasteiger charge is -2.37. The molecule has 4 rings (SSSR count). The summed E-state index contributed by atoms with van der Waals surface area (Å²) < 4.78 is 40.7. The van der Waals surface area contributed by atoms with Crippen LogP contribution in [0.4, 0.5) is 13.6 Å². The van der Waals surface area contributed by atoms with Crippen LogP contribution in [0.1, 0.15) is 36.6 Å². The van der Waals surface area contributed by atoms with E-state index in [1.807, 2.05) is 6.92 Å². The van der Waals surface area contributed by atoms with E-state index in [1.165, 1.54) is 18.3 Å². The SMILES string of the molecule is Cc1ccc(Oc2ccc(F)c([C@H](N)[C@@H](F)CC3C(=O)NC(=O)N(C4CCOCC4)C3=O)c2)cn1.Cl. The summed E-state index contributed by atoms with van der Waals surface area (Å²) in [4.78, 5) is 42.7. The number of pyridine rings is 1. The summed E-state index contributed by atoms with van der Waals surface area (Å²) in [7, 11) is 0. The van der Waals surface area contributed by atoms with Gasteiger partial charge in [-0.15, -0.1) is 12.4 Å². The lowest BCUT2D eigenvalue weighted by atomic mass is 9.91. The minimum Gasteiger partial charge on any atom is -0.456 e. The van der Waals surface area contributed by atoms with E-state index in [1.54, 1.807) is 12.1 Å². The number of nitrogens with zero attached hydrogens (tertiary/aromatic N) is 2. The first-order valence-corrected chi connectivity index (χ1v) is 11.3. The van der Waals surface area contributed by atoms with Crippen molar-refractivity contribution in [1.82, 2.24) is 15.2 Å². The molecule has 9 nitrogen and oxygen atoms in total. The minimum atomic E-state index is -1.95. The zero-order chi connectivity index (χ0) is 25.1. The second-order valence-electron chi connectivity index (χ2n) is 8.60. The molecule has 0 bridgehead atoms. The van der Waals surface area contributed by atoms with Gasteiger partial charge in [0.25, 0.3) is 0 Å². The van der Waals surface area contributed by atoms with Crippen molar-refractivity contribution >= 4 is 30.3 Å². The molecular formula is C24H27ClF2N4O5. The van der Waals surface area contributed by atoms with Crippen LogP contribution in [0.15, 0.2) is 36.5 Å². The van der Waals surface area contributed by atoms with Gasteiger partial charge in [-0.2, -0.15) is 0 Å². The largest absolute Gasteiger partial charge is 0.456 e. The Balaban J connectivity index is 0.00000361. The molecule has 2 fully saturated rings. The molecule has 12 heteroatoms. The molecule has 1 aromatic heterocycles. The Morgan fingerprint density at radius 1 is 1.19 bits per heavy atom. The number of amides is 4. The molecule has 2 aromatic rings. The fourth-order valence-electron chi connectivity index (χ4n) is 4.19. The van der Waals surface area contributed by atoms with Gasteiger partial charge in [0.05, 0.1) is 12.2 Å². The van der Waals surface area contributed by atoms with E-state index in [-0.39, 0.29) is 23.7 Å². The van der Waals surface area contributed by atoms with E-state index in [2.05, 4.69) is 10.3 Å². The molecule has 0 spiro atoms. The number of carbonyl (C=O) groups excluding carboxylic acids is 3. The highest BCUT2D eigenvalue weighted by Gasteiger charge is 2.45. The van der Waals surface area contributed by atoms with Crippen molar-refractivity contribution < 1.29 is 32.6 Å². The van der Waals surface area contributed by atoms with Gasteiger partial charge in [0.1, 0.15) is 29.4 Å². The first kappa shape index (κ1) is 27.4. The molecule has 1 aromatic carbocycles. The number of aryl methyl sites for hydroxylation is 1. The van der Waals surface area contributed by atoms with Gasteiger partial charge in [0, 0.05) is 36.9 Å². The van der Waals surface area contributed by atoms with Crippen molar-refractivity contribution in [2.45, 2.75) is 44.4 Å². The summed E-state index contributed by atoms with van der Waals surface area (Å²) >= 11 is 0. The van der Waals surface area contributed by atoms with Gasteiger partial charge >= 0.3 is 6.03 Å². The van der Waals surface area contributed by atoms with Gasteiger partial charge in [0.15, 0.2) is 0 Å². The van der Waals surface area contributed by atoms with Gasteiger partial charge in [0.2, 0.25) is 11.8 Å². The van der Waals surface area contributed by atoms with Crippen molar-refractivity contribution in [2.24, 2.45) is 11.7 Å². The average Bonchev–Trinajstić information content (AvgIpc) is 2.84. The third-order valence-corrected chi connectivity index (χ3v) is 6.15. The van der Waals surface area contributed by atoms with Crippen molar-refractivity contribution in [3.8, 4) is 11.5 Å². The Kier molecular flexibility index (Phi) is 8.93. The van der Waals surface area contributed by atoms with Crippen LogP contribution in [0.5, 0.6) is 11.5 Å². The van der Waals surface area contributed by atoms with Crippen LogP contribution in [0, 0.1) is 18.7 Å². The van der Waals surface area contributed by atoms with Crippen LogP contribution in [0.3, 0.4) is 0 Å². The maximum atomic E-state index is 15.3. The van der Waals surface area contributed by atoms with Crippen molar-refractivity contribution in [3.63, 3.8) is 0 Å². The number of benzene rings is 1. The number of nitrogens with one attached hydrogen (secondary N) is 1. The van der Waals surface area contributed by atoms with E-state index >= 15 is 4.39 Å². The van der Waals surface area contributed by atoms with E-state index in [4.69, 9.17) is 15.2 Å². The van der Waals surface area contributed by atoms with E-state index in [0.29, 0.717) is 31.8 Å². The number of ether oxygens (including phenoxy) is 2. The third kappa shape index (κ3) is 5.97. The van der Waals surface area contributed by atoms with Gasteiger partial charge in [-0.1, -0.05) is 0 Å². The van der Waals surface area contributed by atoms with Crippen LogP contribution in [0.2, 0.25) is 0 Å². The molecule has 0 radical (unpaired) electrons. The normalized spacial score (nSPS) is 20.4. The summed E-state index contributed by atoms with van der Waals surface area (Å²) in [5.41, 5.74) is 6.63. The van der Waals surface area contributed by atoms with Gasteiger partial charge in [-0.3, -0.25) is 24.8 Å². The minimum absolute atomic E-state index is 0. The monoisotopic (exact) mass is 524 g/mol. The Morgan fingerprint density at radius 3 is 2.56 bits per heavy atom. The standard InChI is InChI=1S/C24H26F2N4O5.ClH/c1-13-2-3-16(12-28-13)35-15-4-5-19(25)17(10-15)21(27)20(26)11-18-22(31)29-24(33)30(23(18)32)14-6-8-34-9-7-14;/h2-5,10,12,14,18,20-21H,6-9,11,27H2,1H3,(H,29,31,33);1H/t18?,20-,21-;/m0./s1. The second kappa shape index (κ2) is 11.7. The molecule has 2 aliphatic heterocycles. The lowest BCUT2D eigenvalue weighted by Crippen LogP contribution is -2.62. The number of nitrogens with two attached hydrogens (primary N) is 1. The molecular weight excluding hydrogens is 498 g/mol. The number of imide groups is 2. The van der Waals surface area contributed by atoms with Gasteiger partial charge < -0.3 is 15.2 Å². The molecule has 3 atom stereocenters. The fourth-order valence-corrected chi connectivity index (χ4v) is 4.19. The number of hydrogen-bond acceptors (Lipinski definition) is 7. The molecule has 0 saturated carbocycles. The zero-order valence-electron chi connectivity index (χ0n) is 19.5. The van der Waals surface area contributed by atoms with E-state index in [9.17, 15) is 18.8 Å². The van der Waals surface area contributed by atoms with Crippen LogP contribution in [-0.4, -0.2) is 53.2 Å². The van der Waals surface area contributed by atoms with Crippen molar-refractivity contribution in [1.29, 1.82) is 0 Å². The van der Waals surface area contributed by atoms with Gasteiger partial charge in [-0.05, 0) is 50.1 Å². The highest BCUT2D eigenvalue weighted by Crippen LogP contribution is 2.31. The zero-order valence-corrected chi connectivity index (χ0v) is 20.3. The van der Waals surface area contributed by atoms with Crippen LogP contribution < -0.4 is 15.8 Å². The molecule has 3 N–H and O–H groups in total. The molecule has 194 valence electrons. The molecule has 36 heavy (non-hydrogen) atoms. The summed E-state index contributed by atoms with van der Waals surface area (Å²) in [5.74, 6) is -3.28. The number of halogens is 3. The van der Waals surface area contributed by atoms with Crippen LogP contribution in [-0.2, 0) is 14.3 Å².